The van der Waals surface area contributed by atoms with Gasteiger partial charge in [0.15, 0.2) is 0 Å². The van der Waals surface area contributed by atoms with Crippen LogP contribution in [-0.4, -0.2) is 27.8 Å². The summed E-state index contributed by atoms with van der Waals surface area (Å²) in [5, 5.41) is 7.40. The molecule has 0 unspecified atom stereocenters. The Morgan fingerprint density at radius 2 is 2.00 bits per heavy atom. The van der Waals surface area contributed by atoms with Gasteiger partial charge in [-0.3, -0.25) is 9.59 Å². The van der Waals surface area contributed by atoms with Crippen LogP contribution in [0.2, 0.25) is 0 Å². The van der Waals surface area contributed by atoms with E-state index < -0.39 is 11.9 Å². The molecule has 0 radical (unpaired) electrons. The number of carbonyl (C=O) groups is 2. The molecular weight excluding hydrogens is 356 g/mol. The van der Waals surface area contributed by atoms with Crippen LogP contribution in [0.5, 0.6) is 0 Å². The molecule has 0 spiro atoms. The number of hydrogen-bond acceptors (Lipinski definition) is 4. The number of rotatable bonds is 5. The fourth-order valence-electron chi connectivity index (χ4n) is 3.20. The quantitative estimate of drug-likeness (QED) is 0.498. The molecule has 0 saturated heterocycles. The zero-order valence-corrected chi connectivity index (χ0v) is 15.6. The average molecular weight is 376 g/mol. The van der Waals surface area contributed by atoms with Crippen molar-refractivity contribution in [2.24, 2.45) is 0 Å². The van der Waals surface area contributed by atoms with E-state index in [1.807, 2.05) is 31.2 Å². The maximum atomic E-state index is 12.7. The minimum Gasteiger partial charge on any atom is -0.467 e. The molecule has 7 nitrogen and oxygen atoms in total. The van der Waals surface area contributed by atoms with Gasteiger partial charge in [-0.15, -0.1) is 0 Å². The summed E-state index contributed by atoms with van der Waals surface area (Å²) in [7, 11) is 0. The number of nitrogens with zero attached hydrogens (tertiary/aromatic N) is 1. The highest BCUT2D eigenvalue weighted by Crippen LogP contribution is 2.27. The molecular formula is C21H20N4O3. The Balaban J connectivity index is 1.51. The molecule has 2 amide bonds. The first-order chi connectivity index (χ1) is 13.5. The van der Waals surface area contributed by atoms with Crippen molar-refractivity contribution in [2.75, 3.05) is 0 Å². The summed E-state index contributed by atoms with van der Waals surface area (Å²) in [6.07, 6.45) is 1.54. The third-order valence-corrected chi connectivity index (χ3v) is 4.67. The van der Waals surface area contributed by atoms with Crippen LogP contribution in [0, 0.1) is 6.92 Å². The van der Waals surface area contributed by atoms with Crippen LogP contribution in [0.3, 0.4) is 0 Å². The highest BCUT2D eigenvalue weighted by molar-refractivity contribution is 6.10. The fourth-order valence-corrected chi connectivity index (χ4v) is 3.20. The summed E-state index contributed by atoms with van der Waals surface area (Å²) in [5.41, 5.74) is 2.90. The lowest BCUT2D eigenvalue weighted by Gasteiger charge is -2.13. The second-order valence-electron chi connectivity index (χ2n) is 6.68. The third kappa shape index (κ3) is 3.34. The van der Waals surface area contributed by atoms with Gasteiger partial charge in [-0.1, -0.05) is 18.2 Å². The smallest absolute Gasteiger partial charge is 0.270 e. The molecule has 142 valence electrons. The van der Waals surface area contributed by atoms with Crippen LogP contribution in [0.15, 0.2) is 53.1 Å². The van der Waals surface area contributed by atoms with Gasteiger partial charge in [-0.2, -0.15) is 0 Å². The highest BCUT2D eigenvalue weighted by Gasteiger charge is 2.19. The molecule has 3 heterocycles. The molecule has 0 aliphatic carbocycles. The number of amides is 2. The molecule has 0 bridgehead atoms. The van der Waals surface area contributed by atoms with Crippen LogP contribution < -0.4 is 10.6 Å². The summed E-state index contributed by atoms with van der Waals surface area (Å²) >= 11 is 0. The predicted octanol–water partition coefficient (Wildman–Crippen LogP) is 3.05. The van der Waals surface area contributed by atoms with Gasteiger partial charge in [0.05, 0.1) is 24.0 Å². The topological polar surface area (TPSA) is 100 Å². The van der Waals surface area contributed by atoms with Crippen molar-refractivity contribution in [3.05, 3.63) is 65.9 Å². The fraction of sp³-hybridized carbons (Fsp3) is 0.190. The van der Waals surface area contributed by atoms with Crippen molar-refractivity contribution in [1.29, 1.82) is 0 Å². The Morgan fingerprint density at radius 3 is 2.79 bits per heavy atom. The first-order valence-electron chi connectivity index (χ1n) is 9.02. The van der Waals surface area contributed by atoms with Crippen LogP contribution in [-0.2, 0) is 11.3 Å². The molecule has 7 heteroatoms. The molecule has 0 saturated carbocycles. The van der Waals surface area contributed by atoms with E-state index in [1.54, 1.807) is 31.4 Å². The van der Waals surface area contributed by atoms with E-state index in [1.165, 1.54) is 0 Å². The predicted molar refractivity (Wildman–Crippen MR) is 106 cm³/mol. The molecule has 1 atom stereocenters. The largest absolute Gasteiger partial charge is 0.467 e. The number of pyridine rings is 1. The van der Waals surface area contributed by atoms with Crippen LogP contribution in [0.1, 0.15) is 28.9 Å². The zero-order valence-electron chi connectivity index (χ0n) is 15.6. The van der Waals surface area contributed by atoms with E-state index in [0.29, 0.717) is 5.76 Å². The summed E-state index contributed by atoms with van der Waals surface area (Å²) < 4.78 is 5.18. The second kappa shape index (κ2) is 7.19. The van der Waals surface area contributed by atoms with Gasteiger partial charge in [-0.05, 0) is 38.1 Å². The van der Waals surface area contributed by atoms with E-state index in [9.17, 15) is 9.59 Å². The van der Waals surface area contributed by atoms with Gasteiger partial charge < -0.3 is 20.0 Å². The number of furan rings is 1. The van der Waals surface area contributed by atoms with Crippen LogP contribution in [0.25, 0.3) is 21.8 Å². The van der Waals surface area contributed by atoms with Gasteiger partial charge >= 0.3 is 0 Å². The molecule has 4 aromatic rings. The summed E-state index contributed by atoms with van der Waals surface area (Å²) in [5.74, 6) is -0.0421. The van der Waals surface area contributed by atoms with Crippen molar-refractivity contribution in [2.45, 2.75) is 26.4 Å². The Hall–Kier alpha value is -3.61. The number of hydrogen-bond donors (Lipinski definition) is 3. The van der Waals surface area contributed by atoms with Gasteiger partial charge in [0, 0.05) is 16.3 Å². The average Bonchev–Trinajstić information content (AvgIpc) is 3.34. The number of H-pyrrole nitrogens is 1. The van der Waals surface area contributed by atoms with Crippen molar-refractivity contribution in [3.8, 4) is 0 Å². The monoisotopic (exact) mass is 376 g/mol. The summed E-state index contributed by atoms with van der Waals surface area (Å²) in [6.45, 7) is 3.76. The van der Waals surface area contributed by atoms with E-state index in [-0.39, 0.29) is 18.1 Å². The van der Waals surface area contributed by atoms with Crippen molar-refractivity contribution in [3.63, 3.8) is 0 Å². The summed E-state index contributed by atoms with van der Waals surface area (Å²) in [4.78, 5) is 32.6. The number of carbonyl (C=O) groups excluding carboxylic acids is 2. The summed E-state index contributed by atoms with van der Waals surface area (Å²) in [6, 6.07) is 12.5. The minimum atomic E-state index is -0.705. The standard InChI is InChI=1S/C21H20N4O3/c1-12-19-16(15-7-3-4-8-17(15)25-19)10-18(23-12)21(27)24-13(2)20(26)22-11-14-6-5-9-28-14/h3-10,13,25H,11H2,1-2H3,(H,22,26)(H,24,27)/t13-/m0/s1. The Labute approximate surface area is 161 Å². The normalized spacial score (nSPS) is 12.2. The van der Waals surface area contributed by atoms with Crippen molar-refractivity contribution < 1.29 is 14.0 Å². The first-order valence-corrected chi connectivity index (χ1v) is 9.02. The van der Waals surface area contributed by atoms with Gasteiger partial charge in [0.2, 0.25) is 5.91 Å². The molecule has 3 aromatic heterocycles. The maximum absolute atomic E-state index is 12.7. The number of aryl methyl sites for hydroxylation is 1. The Bertz CT molecular complexity index is 1160. The molecule has 3 N–H and O–H groups in total. The van der Waals surface area contributed by atoms with Crippen molar-refractivity contribution in [1.82, 2.24) is 20.6 Å². The highest BCUT2D eigenvalue weighted by atomic mass is 16.3. The molecule has 0 aliphatic rings. The third-order valence-electron chi connectivity index (χ3n) is 4.67. The van der Waals surface area contributed by atoms with E-state index >= 15 is 0 Å². The molecule has 4 rings (SSSR count). The van der Waals surface area contributed by atoms with Crippen LogP contribution >= 0.6 is 0 Å². The van der Waals surface area contributed by atoms with Crippen molar-refractivity contribution >= 4 is 33.6 Å². The molecule has 0 aliphatic heterocycles. The van der Waals surface area contributed by atoms with Gasteiger partial charge in [-0.25, -0.2) is 4.98 Å². The van der Waals surface area contributed by atoms with E-state index in [0.717, 1.165) is 27.5 Å². The SMILES string of the molecule is Cc1nc(C(=O)N[C@@H](C)C(=O)NCc2ccco2)cc2c1[nH]c1ccccc12. The maximum Gasteiger partial charge on any atom is 0.270 e. The molecule has 1 aromatic carbocycles. The Kier molecular flexibility index (Phi) is 4.57. The number of aromatic nitrogens is 2. The van der Waals surface area contributed by atoms with E-state index in [2.05, 4.69) is 20.6 Å². The number of para-hydroxylation sites is 1. The molecule has 0 fully saturated rings. The Morgan fingerprint density at radius 1 is 1.18 bits per heavy atom. The first kappa shape index (κ1) is 17.8. The lowest BCUT2D eigenvalue weighted by Crippen LogP contribution is -2.44. The lowest BCUT2D eigenvalue weighted by molar-refractivity contribution is -0.122. The lowest BCUT2D eigenvalue weighted by atomic mass is 10.1. The number of aromatic amines is 1. The zero-order chi connectivity index (χ0) is 19.7. The number of nitrogens with one attached hydrogen (secondary N) is 3. The van der Waals surface area contributed by atoms with E-state index in [4.69, 9.17) is 4.42 Å². The van der Waals surface area contributed by atoms with Crippen LogP contribution in [0.4, 0.5) is 0 Å². The molecule has 28 heavy (non-hydrogen) atoms. The number of benzene rings is 1. The van der Waals surface area contributed by atoms with Gasteiger partial charge in [0.1, 0.15) is 17.5 Å². The minimum absolute atomic E-state index is 0.269. The van der Waals surface area contributed by atoms with Gasteiger partial charge in [0.25, 0.3) is 5.91 Å². The number of fused-ring (bicyclic) bond motifs is 3. The second-order valence-corrected chi connectivity index (χ2v) is 6.68.